The molecule has 2 N–H and O–H groups in total. The maximum atomic E-state index is 13.1. The Bertz CT molecular complexity index is 1110. The number of nitrogens with one attached hydrogen (secondary N) is 2. The number of carbonyl (C=O) groups excluding carboxylic acids is 2. The largest absolute Gasteiger partial charge is 0.408 e. The van der Waals surface area contributed by atoms with Crippen LogP contribution in [0.1, 0.15) is 29.4 Å². The van der Waals surface area contributed by atoms with E-state index in [1.165, 1.54) is 17.2 Å². The summed E-state index contributed by atoms with van der Waals surface area (Å²) in [7, 11) is 0. The van der Waals surface area contributed by atoms with Crippen molar-refractivity contribution in [3.8, 4) is 12.3 Å². The van der Waals surface area contributed by atoms with Crippen LogP contribution in [0.5, 0.6) is 0 Å². The fourth-order valence-corrected chi connectivity index (χ4v) is 3.71. The van der Waals surface area contributed by atoms with E-state index in [1.807, 2.05) is 10.2 Å². The van der Waals surface area contributed by atoms with E-state index in [4.69, 9.17) is 6.42 Å². The summed E-state index contributed by atoms with van der Waals surface area (Å²) in [5.41, 5.74) is 0.949. The minimum absolute atomic E-state index is 0.205. The summed E-state index contributed by atoms with van der Waals surface area (Å²) in [4.78, 5) is 37.3. The lowest BCUT2D eigenvalue weighted by atomic mass is 10.1. The minimum atomic E-state index is -4.58. The normalized spacial score (nSPS) is 17.9. The molecule has 0 radical (unpaired) electrons. The molecule has 2 aromatic rings. The summed E-state index contributed by atoms with van der Waals surface area (Å²) in [6, 6.07) is 3.33. The molecule has 2 atom stereocenters. The van der Waals surface area contributed by atoms with Gasteiger partial charge in [-0.05, 0) is 37.6 Å². The molecule has 166 valence electrons. The number of urea groups is 1. The van der Waals surface area contributed by atoms with Gasteiger partial charge >= 0.3 is 12.2 Å². The Morgan fingerprint density at radius 2 is 2.09 bits per heavy atom. The van der Waals surface area contributed by atoms with E-state index < -0.39 is 24.2 Å². The quantitative estimate of drug-likeness (QED) is 0.711. The lowest BCUT2D eigenvalue weighted by Gasteiger charge is -2.35. The molecule has 1 unspecified atom stereocenters. The van der Waals surface area contributed by atoms with Crippen molar-refractivity contribution in [1.29, 1.82) is 0 Å². The topological polar surface area (TPSA) is 90.5 Å². The fraction of sp³-hybridized carbons (Fsp3) is 0.333. The third-order valence-corrected chi connectivity index (χ3v) is 5.40. The SMILES string of the molecule is C#Cc1ccnc(NC(=O)N2c3nc(C(=O)N[C@H](C)C(F)(F)F)ccc3N3CCC2C3)c1. The molecule has 3 amide bonds. The summed E-state index contributed by atoms with van der Waals surface area (Å²) in [6.07, 6.45) is 2.95. The van der Waals surface area contributed by atoms with Crippen molar-refractivity contribution in [2.75, 3.05) is 28.2 Å². The Hall–Kier alpha value is -3.81. The molecule has 1 fully saturated rings. The van der Waals surface area contributed by atoms with Gasteiger partial charge < -0.3 is 10.2 Å². The van der Waals surface area contributed by atoms with Crippen LogP contribution < -0.4 is 20.4 Å². The summed E-state index contributed by atoms with van der Waals surface area (Å²) >= 11 is 0. The second-order valence-corrected chi connectivity index (χ2v) is 7.54. The van der Waals surface area contributed by atoms with Crippen LogP contribution in [0.2, 0.25) is 0 Å². The zero-order valence-corrected chi connectivity index (χ0v) is 17.0. The number of aromatic nitrogens is 2. The van der Waals surface area contributed by atoms with Crippen molar-refractivity contribution in [3.63, 3.8) is 0 Å². The Morgan fingerprint density at radius 3 is 2.81 bits per heavy atom. The molecule has 4 heterocycles. The van der Waals surface area contributed by atoms with Gasteiger partial charge in [-0.1, -0.05) is 5.92 Å². The monoisotopic (exact) mass is 444 g/mol. The van der Waals surface area contributed by atoms with Crippen LogP contribution >= 0.6 is 0 Å². The molecule has 32 heavy (non-hydrogen) atoms. The van der Waals surface area contributed by atoms with Gasteiger partial charge in [0.2, 0.25) is 0 Å². The number of alkyl halides is 3. The third kappa shape index (κ3) is 4.03. The van der Waals surface area contributed by atoms with Crippen molar-refractivity contribution in [2.24, 2.45) is 0 Å². The molecule has 2 bridgehead atoms. The number of hydrogen-bond acceptors (Lipinski definition) is 5. The number of anilines is 3. The van der Waals surface area contributed by atoms with Crippen molar-refractivity contribution < 1.29 is 22.8 Å². The van der Waals surface area contributed by atoms with E-state index >= 15 is 0 Å². The lowest BCUT2D eigenvalue weighted by Crippen LogP contribution is -2.49. The van der Waals surface area contributed by atoms with Crippen molar-refractivity contribution >= 4 is 29.3 Å². The van der Waals surface area contributed by atoms with Gasteiger partial charge in [-0.3, -0.25) is 15.0 Å². The molecule has 8 nitrogen and oxygen atoms in total. The van der Waals surface area contributed by atoms with Gasteiger partial charge in [0.15, 0.2) is 5.82 Å². The number of fused-ring (bicyclic) bond motifs is 4. The number of hydrogen-bond donors (Lipinski definition) is 2. The highest BCUT2D eigenvalue weighted by Gasteiger charge is 2.41. The highest BCUT2D eigenvalue weighted by molar-refractivity contribution is 6.05. The van der Waals surface area contributed by atoms with E-state index in [-0.39, 0.29) is 23.4 Å². The zero-order valence-electron chi connectivity index (χ0n) is 17.0. The second kappa shape index (κ2) is 8.03. The van der Waals surface area contributed by atoms with Gasteiger partial charge in [-0.2, -0.15) is 13.2 Å². The molecule has 2 aliphatic heterocycles. The van der Waals surface area contributed by atoms with Crippen LogP contribution in [0, 0.1) is 12.3 Å². The Labute approximate surface area is 181 Å². The van der Waals surface area contributed by atoms with Gasteiger partial charge in [0, 0.05) is 24.8 Å². The predicted octanol–water partition coefficient (Wildman–Crippen LogP) is 2.77. The van der Waals surface area contributed by atoms with E-state index in [2.05, 4.69) is 21.2 Å². The molecule has 2 aliphatic rings. The first-order valence-electron chi connectivity index (χ1n) is 9.84. The maximum absolute atomic E-state index is 13.1. The van der Waals surface area contributed by atoms with E-state index in [0.717, 1.165) is 6.92 Å². The molecule has 0 spiro atoms. The third-order valence-electron chi connectivity index (χ3n) is 5.40. The van der Waals surface area contributed by atoms with Crippen LogP contribution in [0.4, 0.5) is 35.3 Å². The molecule has 0 aliphatic carbocycles. The van der Waals surface area contributed by atoms with Gasteiger partial charge in [-0.15, -0.1) is 6.42 Å². The number of terminal acetylenes is 1. The van der Waals surface area contributed by atoms with Crippen LogP contribution in [0.25, 0.3) is 0 Å². The second-order valence-electron chi connectivity index (χ2n) is 7.54. The highest BCUT2D eigenvalue weighted by atomic mass is 19.4. The number of halogens is 3. The fourth-order valence-electron chi connectivity index (χ4n) is 3.71. The number of amides is 3. The van der Waals surface area contributed by atoms with E-state index in [9.17, 15) is 22.8 Å². The first kappa shape index (κ1) is 21.4. The average Bonchev–Trinajstić information content (AvgIpc) is 3.17. The molecule has 4 rings (SSSR count). The van der Waals surface area contributed by atoms with Crippen LogP contribution in [0.15, 0.2) is 30.5 Å². The summed E-state index contributed by atoms with van der Waals surface area (Å²) in [6.45, 7) is 2.11. The van der Waals surface area contributed by atoms with Crippen molar-refractivity contribution in [2.45, 2.75) is 31.6 Å². The molecular formula is C21H19F3N6O2. The molecule has 0 saturated carbocycles. The zero-order chi connectivity index (χ0) is 23.0. The molecule has 11 heteroatoms. The first-order valence-corrected chi connectivity index (χ1v) is 9.84. The van der Waals surface area contributed by atoms with Gasteiger partial charge in [0.1, 0.15) is 17.6 Å². The first-order chi connectivity index (χ1) is 15.2. The van der Waals surface area contributed by atoms with Gasteiger partial charge in [0.25, 0.3) is 5.91 Å². The van der Waals surface area contributed by atoms with Gasteiger partial charge in [-0.25, -0.2) is 14.8 Å². The van der Waals surface area contributed by atoms with Crippen LogP contribution in [-0.4, -0.2) is 53.3 Å². The number of pyridine rings is 2. The molecular weight excluding hydrogens is 425 g/mol. The van der Waals surface area contributed by atoms with Crippen molar-refractivity contribution in [1.82, 2.24) is 15.3 Å². The van der Waals surface area contributed by atoms with E-state index in [0.29, 0.717) is 30.8 Å². The number of rotatable bonds is 3. The number of carbonyl (C=O) groups is 2. The summed E-state index contributed by atoms with van der Waals surface area (Å²) < 4.78 is 38.5. The number of nitrogens with zero attached hydrogens (tertiary/aromatic N) is 4. The maximum Gasteiger partial charge on any atom is 0.408 e. The molecule has 0 aromatic carbocycles. The predicted molar refractivity (Wildman–Crippen MR) is 112 cm³/mol. The Kier molecular flexibility index (Phi) is 5.38. The van der Waals surface area contributed by atoms with Crippen LogP contribution in [-0.2, 0) is 0 Å². The Balaban J connectivity index is 1.63. The smallest absolute Gasteiger partial charge is 0.366 e. The minimum Gasteiger partial charge on any atom is -0.366 e. The van der Waals surface area contributed by atoms with Gasteiger partial charge in [0.05, 0.1) is 11.7 Å². The summed E-state index contributed by atoms with van der Waals surface area (Å²) in [5, 5.41) is 4.57. The summed E-state index contributed by atoms with van der Waals surface area (Å²) in [5.74, 6) is 1.94. The average molecular weight is 444 g/mol. The Morgan fingerprint density at radius 1 is 1.31 bits per heavy atom. The van der Waals surface area contributed by atoms with Crippen LogP contribution in [0.3, 0.4) is 0 Å². The van der Waals surface area contributed by atoms with E-state index in [1.54, 1.807) is 18.2 Å². The molecule has 1 saturated heterocycles. The molecule has 2 aromatic heterocycles. The lowest BCUT2D eigenvalue weighted by molar-refractivity contribution is -0.149. The van der Waals surface area contributed by atoms with Crippen molar-refractivity contribution in [3.05, 3.63) is 41.7 Å². The highest BCUT2D eigenvalue weighted by Crippen LogP contribution is 2.39. The standard InChI is InChI=1S/C21H19F3N6O2/c1-3-13-6-8-25-17(10-13)28-20(32)30-14-7-9-29(11-14)16-5-4-15(27-18(16)30)19(31)26-12(2)21(22,23)24/h1,4-6,8,10,12,14H,7,9,11H2,2H3,(H,26,31)(H,25,28,32)/t12-,14?/m1/s1.